The first-order chi connectivity index (χ1) is 14.3. The summed E-state index contributed by atoms with van der Waals surface area (Å²) in [5.74, 6) is -3.02. The van der Waals surface area contributed by atoms with E-state index in [4.69, 9.17) is 4.74 Å². The normalized spacial score (nSPS) is 13.0. The number of ether oxygens (including phenoxy) is 1. The molecule has 1 aromatic rings. The third-order valence-electron chi connectivity index (χ3n) is 6.22. The largest absolute Gasteiger partial charge is 0.376 e. The second kappa shape index (κ2) is 14.9. The highest BCUT2D eigenvalue weighted by Gasteiger charge is 2.28. The molecule has 0 bridgehead atoms. The first kappa shape index (κ1) is 27.0. The lowest BCUT2D eigenvalue weighted by Gasteiger charge is -2.34. The summed E-state index contributed by atoms with van der Waals surface area (Å²) < 4.78 is 45.7. The predicted octanol–water partition coefficient (Wildman–Crippen LogP) is 8.78. The van der Waals surface area contributed by atoms with Gasteiger partial charge in [-0.05, 0) is 70.1 Å². The minimum absolute atomic E-state index is 0.0959. The molecule has 0 radical (unpaired) electrons. The smallest absolute Gasteiger partial charge is 0.194 e. The minimum Gasteiger partial charge on any atom is -0.376 e. The molecule has 4 heteroatoms. The maximum Gasteiger partial charge on any atom is 0.194 e. The molecule has 0 aliphatic heterocycles. The summed E-state index contributed by atoms with van der Waals surface area (Å²) in [5, 5.41) is 0. The molecule has 0 amide bonds. The zero-order valence-corrected chi connectivity index (χ0v) is 19.7. The summed E-state index contributed by atoms with van der Waals surface area (Å²) >= 11 is 0. The van der Waals surface area contributed by atoms with Crippen molar-refractivity contribution < 1.29 is 17.9 Å². The molecular formula is C26H43F3O. The van der Waals surface area contributed by atoms with Crippen molar-refractivity contribution in [2.24, 2.45) is 5.92 Å². The Labute approximate surface area is 182 Å². The van der Waals surface area contributed by atoms with Crippen LogP contribution in [-0.2, 0) is 11.2 Å². The van der Waals surface area contributed by atoms with Crippen molar-refractivity contribution in [3.8, 4) is 0 Å². The molecule has 1 aromatic carbocycles. The second-order valence-corrected chi connectivity index (χ2v) is 9.12. The quantitative estimate of drug-likeness (QED) is 0.178. The molecular weight excluding hydrogens is 385 g/mol. The average molecular weight is 429 g/mol. The summed E-state index contributed by atoms with van der Waals surface area (Å²) in [7, 11) is 0. The average Bonchev–Trinajstić information content (AvgIpc) is 2.69. The summed E-state index contributed by atoms with van der Waals surface area (Å²) in [6.45, 7) is 9.48. The number of aryl methyl sites for hydroxylation is 1. The Morgan fingerprint density at radius 2 is 1.27 bits per heavy atom. The first-order valence-corrected chi connectivity index (χ1v) is 12.1. The Bertz CT molecular complexity index is 563. The Morgan fingerprint density at radius 3 is 1.80 bits per heavy atom. The molecule has 0 heterocycles. The highest BCUT2D eigenvalue weighted by molar-refractivity contribution is 5.19. The summed E-state index contributed by atoms with van der Waals surface area (Å²) in [6.07, 6.45) is 14.9. The highest BCUT2D eigenvalue weighted by Crippen LogP contribution is 2.31. The molecule has 0 aliphatic rings. The summed E-state index contributed by atoms with van der Waals surface area (Å²) in [6, 6.07) is 2.22. The Kier molecular flexibility index (Phi) is 13.4. The minimum atomic E-state index is -1.38. The molecule has 0 fully saturated rings. The third kappa shape index (κ3) is 10.3. The summed E-state index contributed by atoms with van der Waals surface area (Å²) in [5.41, 5.74) is 0.436. The number of benzene rings is 1. The maximum absolute atomic E-state index is 13.3. The monoisotopic (exact) mass is 428 g/mol. The molecule has 1 unspecified atom stereocenters. The van der Waals surface area contributed by atoms with E-state index in [1.807, 2.05) is 0 Å². The molecule has 0 saturated heterocycles. The van der Waals surface area contributed by atoms with Crippen LogP contribution < -0.4 is 0 Å². The van der Waals surface area contributed by atoms with Crippen LogP contribution in [0.3, 0.4) is 0 Å². The van der Waals surface area contributed by atoms with E-state index in [9.17, 15) is 13.2 Å². The molecule has 174 valence electrons. The van der Waals surface area contributed by atoms with Crippen LogP contribution in [0.15, 0.2) is 12.1 Å². The predicted molar refractivity (Wildman–Crippen MR) is 120 cm³/mol. The molecule has 0 N–H and O–H groups in total. The van der Waals surface area contributed by atoms with Crippen LogP contribution in [0.2, 0.25) is 0 Å². The number of unbranched alkanes of at least 4 members (excludes halogenated alkanes) is 8. The lowest BCUT2D eigenvalue weighted by atomic mass is 9.82. The van der Waals surface area contributed by atoms with Gasteiger partial charge < -0.3 is 4.74 Å². The van der Waals surface area contributed by atoms with Crippen molar-refractivity contribution in [3.05, 3.63) is 35.1 Å². The van der Waals surface area contributed by atoms with Crippen molar-refractivity contribution in [2.45, 2.75) is 117 Å². The van der Waals surface area contributed by atoms with E-state index in [0.29, 0.717) is 17.9 Å². The fourth-order valence-electron chi connectivity index (χ4n) is 4.33. The second-order valence-electron chi connectivity index (χ2n) is 9.12. The van der Waals surface area contributed by atoms with Gasteiger partial charge in [0.2, 0.25) is 0 Å². The lowest BCUT2D eigenvalue weighted by Crippen LogP contribution is -2.34. The number of rotatable bonds is 17. The van der Waals surface area contributed by atoms with Crippen LogP contribution in [0, 0.1) is 23.4 Å². The van der Waals surface area contributed by atoms with Gasteiger partial charge in [0.1, 0.15) is 0 Å². The van der Waals surface area contributed by atoms with Crippen LogP contribution in [0.4, 0.5) is 13.2 Å². The van der Waals surface area contributed by atoms with Gasteiger partial charge in [-0.1, -0.05) is 64.7 Å². The van der Waals surface area contributed by atoms with E-state index in [-0.39, 0.29) is 5.60 Å². The van der Waals surface area contributed by atoms with Crippen molar-refractivity contribution in [3.63, 3.8) is 0 Å². The molecule has 1 atom stereocenters. The van der Waals surface area contributed by atoms with Gasteiger partial charge in [0.05, 0.1) is 5.60 Å². The Balaban J connectivity index is 2.34. The number of halogens is 3. The molecule has 30 heavy (non-hydrogen) atoms. The number of hydrogen-bond donors (Lipinski definition) is 0. The molecule has 1 nitrogen and oxygen atoms in total. The van der Waals surface area contributed by atoms with Crippen molar-refractivity contribution in [1.29, 1.82) is 0 Å². The van der Waals surface area contributed by atoms with Gasteiger partial charge in [-0.25, -0.2) is 13.2 Å². The van der Waals surface area contributed by atoms with Gasteiger partial charge in [0.15, 0.2) is 17.5 Å². The summed E-state index contributed by atoms with van der Waals surface area (Å²) in [4.78, 5) is 0. The van der Waals surface area contributed by atoms with Gasteiger partial charge in [0.25, 0.3) is 0 Å². The lowest BCUT2D eigenvalue weighted by molar-refractivity contribution is -0.0605. The van der Waals surface area contributed by atoms with Crippen LogP contribution in [0.25, 0.3) is 0 Å². The fraction of sp³-hybridized carbons (Fsp3) is 0.769. The van der Waals surface area contributed by atoms with Gasteiger partial charge in [-0.3, -0.25) is 0 Å². The maximum atomic E-state index is 13.3. The van der Waals surface area contributed by atoms with Gasteiger partial charge in [-0.2, -0.15) is 0 Å². The van der Waals surface area contributed by atoms with Crippen molar-refractivity contribution in [2.75, 3.05) is 6.61 Å². The Hall–Kier alpha value is -1.03. The standard InChI is InChI=1S/C26H43F3O/c1-5-7-8-9-10-14-17-22(26(3,4)30-6-2)18-15-12-11-13-16-21-19-23(27)25(29)24(28)20-21/h19-20,22H,5-18H2,1-4H3. The molecule has 0 aromatic heterocycles. The van der Waals surface area contributed by atoms with Crippen LogP contribution in [-0.4, -0.2) is 12.2 Å². The van der Waals surface area contributed by atoms with Crippen molar-refractivity contribution in [1.82, 2.24) is 0 Å². The van der Waals surface area contributed by atoms with Crippen LogP contribution >= 0.6 is 0 Å². The molecule has 0 spiro atoms. The van der Waals surface area contributed by atoms with Crippen molar-refractivity contribution >= 4 is 0 Å². The first-order valence-electron chi connectivity index (χ1n) is 12.1. The van der Waals surface area contributed by atoms with E-state index in [0.717, 1.165) is 50.8 Å². The zero-order chi connectivity index (χ0) is 22.4. The van der Waals surface area contributed by atoms with E-state index >= 15 is 0 Å². The van der Waals surface area contributed by atoms with Crippen LogP contribution in [0.5, 0.6) is 0 Å². The van der Waals surface area contributed by atoms with E-state index in [2.05, 4.69) is 27.7 Å². The van der Waals surface area contributed by atoms with Gasteiger partial charge >= 0.3 is 0 Å². The van der Waals surface area contributed by atoms with E-state index < -0.39 is 17.5 Å². The van der Waals surface area contributed by atoms with E-state index in [1.165, 1.54) is 44.9 Å². The van der Waals surface area contributed by atoms with Gasteiger partial charge in [0, 0.05) is 6.61 Å². The van der Waals surface area contributed by atoms with E-state index in [1.54, 1.807) is 0 Å². The zero-order valence-electron chi connectivity index (χ0n) is 19.7. The highest BCUT2D eigenvalue weighted by atomic mass is 19.2. The molecule has 1 rings (SSSR count). The SMILES string of the molecule is CCCCCCCCC(CCCCCCc1cc(F)c(F)c(F)c1)C(C)(C)OCC. The number of hydrogen-bond acceptors (Lipinski definition) is 1. The third-order valence-corrected chi connectivity index (χ3v) is 6.22. The molecule has 0 aliphatic carbocycles. The fourth-order valence-corrected chi connectivity index (χ4v) is 4.33. The van der Waals surface area contributed by atoms with Crippen LogP contribution in [0.1, 0.15) is 110 Å². The Morgan fingerprint density at radius 1 is 0.767 bits per heavy atom. The van der Waals surface area contributed by atoms with Gasteiger partial charge in [-0.15, -0.1) is 0 Å². The molecule has 0 saturated carbocycles. The topological polar surface area (TPSA) is 9.23 Å².